The van der Waals surface area contributed by atoms with Crippen LogP contribution in [0.4, 0.5) is 5.95 Å². The summed E-state index contributed by atoms with van der Waals surface area (Å²) >= 11 is 0. The van der Waals surface area contributed by atoms with Gasteiger partial charge in [-0.25, -0.2) is 9.55 Å². The zero-order chi connectivity index (χ0) is 19.1. The molecule has 2 aromatic carbocycles. The van der Waals surface area contributed by atoms with Crippen LogP contribution in [0.5, 0.6) is 0 Å². The number of aliphatic imine (C=N–C) groups is 1. The first-order valence-electron chi connectivity index (χ1n) is 9.18. The SMILES string of the molecule is C[C@]12C=CC(Nc3nc4ccccc4c(=O)n3-c3ccccc3)=CN1C=NC2. The van der Waals surface area contributed by atoms with Gasteiger partial charge < -0.3 is 10.2 Å². The van der Waals surface area contributed by atoms with Gasteiger partial charge in [0.15, 0.2) is 0 Å². The van der Waals surface area contributed by atoms with Crippen molar-refractivity contribution in [1.82, 2.24) is 14.5 Å². The van der Waals surface area contributed by atoms with Crippen LogP contribution < -0.4 is 10.9 Å². The third-order valence-electron chi connectivity index (χ3n) is 5.15. The second-order valence-electron chi connectivity index (χ2n) is 7.19. The molecule has 1 aromatic heterocycles. The molecule has 0 unspecified atom stereocenters. The summed E-state index contributed by atoms with van der Waals surface area (Å²) in [7, 11) is 0. The lowest BCUT2D eigenvalue weighted by atomic mass is 9.98. The molecule has 0 radical (unpaired) electrons. The number of rotatable bonds is 3. The Morgan fingerprint density at radius 1 is 1.07 bits per heavy atom. The lowest BCUT2D eigenvalue weighted by Crippen LogP contribution is -2.41. The van der Waals surface area contributed by atoms with Crippen molar-refractivity contribution in [2.75, 3.05) is 11.9 Å². The predicted molar refractivity (Wildman–Crippen MR) is 112 cm³/mol. The molecule has 5 rings (SSSR count). The normalized spacial score (nSPS) is 20.3. The topological polar surface area (TPSA) is 62.5 Å². The fourth-order valence-corrected chi connectivity index (χ4v) is 3.55. The standard InChI is InChI=1S/C22H19N5O/c1-22-12-11-16(13-26(22)15-23-14-22)24-21-25-19-10-6-5-9-18(19)20(28)27(21)17-7-3-2-4-8-17/h2-13,15H,14H2,1H3,(H,24,25)/t22-/m1/s1. The lowest BCUT2D eigenvalue weighted by Gasteiger charge is -2.33. The van der Waals surface area contributed by atoms with Gasteiger partial charge in [0.1, 0.15) is 0 Å². The fraction of sp³-hybridized carbons (Fsp3) is 0.136. The molecule has 6 heteroatoms. The number of para-hydroxylation sites is 2. The first-order valence-corrected chi connectivity index (χ1v) is 9.18. The van der Waals surface area contributed by atoms with Gasteiger partial charge in [-0.3, -0.25) is 9.79 Å². The van der Waals surface area contributed by atoms with Crippen molar-refractivity contribution in [3.63, 3.8) is 0 Å². The van der Waals surface area contributed by atoms with Crippen LogP contribution in [0.1, 0.15) is 6.92 Å². The summed E-state index contributed by atoms with van der Waals surface area (Å²) in [6, 6.07) is 16.9. The fourth-order valence-electron chi connectivity index (χ4n) is 3.55. The van der Waals surface area contributed by atoms with E-state index >= 15 is 0 Å². The van der Waals surface area contributed by atoms with Gasteiger partial charge in [-0.15, -0.1) is 0 Å². The highest BCUT2D eigenvalue weighted by Crippen LogP contribution is 2.27. The highest BCUT2D eigenvalue weighted by atomic mass is 16.1. The maximum absolute atomic E-state index is 13.2. The van der Waals surface area contributed by atoms with Crippen molar-refractivity contribution in [2.24, 2.45) is 4.99 Å². The number of nitrogens with zero attached hydrogens (tertiary/aromatic N) is 4. The van der Waals surface area contributed by atoms with Gasteiger partial charge in [0.2, 0.25) is 5.95 Å². The molecular formula is C22H19N5O. The number of allylic oxidation sites excluding steroid dienone is 1. The molecule has 3 heterocycles. The number of anilines is 1. The van der Waals surface area contributed by atoms with Crippen molar-refractivity contribution in [3.8, 4) is 5.69 Å². The summed E-state index contributed by atoms with van der Waals surface area (Å²) in [5.74, 6) is 0.477. The van der Waals surface area contributed by atoms with Crippen LogP contribution in [0.15, 0.2) is 88.4 Å². The zero-order valence-electron chi connectivity index (χ0n) is 15.4. The summed E-state index contributed by atoms with van der Waals surface area (Å²) in [5.41, 5.74) is 2.04. The monoisotopic (exact) mass is 369 g/mol. The minimum Gasteiger partial charge on any atom is -0.326 e. The molecule has 3 aromatic rings. The maximum Gasteiger partial charge on any atom is 0.267 e. The number of nitrogens with one attached hydrogen (secondary N) is 1. The van der Waals surface area contributed by atoms with E-state index in [-0.39, 0.29) is 11.1 Å². The molecule has 0 saturated carbocycles. The Hall–Kier alpha value is -3.67. The van der Waals surface area contributed by atoms with Crippen LogP contribution in [0, 0.1) is 0 Å². The van der Waals surface area contributed by atoms with E-state index in [1.165, 1.54) is 0 Å². The molecule has 2 aliphatic rings. The van der Waals surface area contributed by atoms with Gasteiger partial charge in [-0.1, -0.05) is 36.4 Å². The van der Waals surface area contributed by atoms with Gasteiger partial charge in [0, 0.05) is 6.20 Å². The average Bonchev–Trinajstić information content (AvgIpc) is 3.10. The van der Waals surface area contributed by atoms with Crippen molar-refractivity contribution in [1.29, 1.82) is 0 Å². The summed E-state index contributed by atoms with van der Waals surface area (Å²) in [6.07, 6.45) is 7.96. The van der Waals surface area contributed by atoms with E-state index in [1.807, 2.05) is 67.1 Å². The van der Waals surface area contributed by atoms with E-state index < -0.39 is 0 Å². The number of hydrogen-bond acceptors (Lipinski definition) is 5. The van der Waals surface area contributed by atoms with Crippen LogP contribution in [-0.4, -0.2) is 32.9 Å². The van der Waals surface area contributed by atoms with Crippen LogP contribution in [-0.2, 0) is 0 Å². The van der Waals surface area contributed by atoms with E-state index in [2.05, 4.69) is 28.2 Å². The van der Waals surface area contributed by atoms with E-state index in [0.717, 1.165) is 17.9 Å². The van der Waals surface area contributed by atoms with Gasteiger partial charge in [-0.2, -0.15) is 0 Å². The molecule has 2 aliphatic heterocycles. The third kappa shape index (κ3) is 2.62. The summed E-state index contributed by atoms with van der Waals surface area (Å²) in [4.78, 5) is 24.4. The average molecular weight is 369 g/mol. The lowest BCUT2D eigenvalue weighted by molar-refractivity contribution is 0.364. The molecule has 0 bridgehead atoms. The number of hydrogen-bond donors (Lipinski definition) is 1. The van der Waals surface area contributed by atoms with Crippen LogP contribution in [0.3, 0.4) is 0 Å². The summed E-state index contributed by atoms with van der Waals surface area (Å²) in [6.45, 7) is 2.87. The third-order valence-corrected chi connectivity index (χ3v) is 5.15. The predicted octanol–water partition coefficient (Wildman–Crippen LogP) is 3.31. The van der Waals surface area contributed by atoms with Crippen molar-refractivity contribution in [3.05, 3.63) is 89.0 Å². The molecule has 0 saturated heterocycles. The minimum atomic E-state index is -0.124. The Labute approximate surface area is 162 Å². The molecule has 1 atom stereocenters. The number of benzene rings is 2. The van der Waals surface area contributed by atoms with Crippen molar-refractivity contribution in [2.45, 2.75) is 12.5 Å². The Kier molecular flexibility index (Phi) is 3.65. The maximum atomic E-state index is 13.2. The largest absolute Gasteiger partial charge is 0.326 e. The van der Waals surface area contributed by atoms with E-state index in [4.69, 9.17) is 4.98 Å². The Morgan fingerprint density at radius 3 is 2.71 bits per heavy atom. The Bertz CT molecular complexity index is 1210. The van der Waals surface area contributed by atoms with Gasteiger partial charge >= 0.3 is 0 Å². The Balaban J connectivity index is 1.65. The highest BCUT2D eigenvalue weighted by molar-refractivity contribution is 5.79. The molecule has 6 nitrogen and oxygen atoms in total. The van der Waals surface area contributed by atoms with Crippen molar-refractivity contribution < 1.29 is 0 Å². The molecule has 28 heavy (non-hydrogen) atoms. The smallest absolute Gasteiger partial charge is 0.267 e. The van der Waals surface area contributed by atoms with Crippen LogP contribution in [0.25, 0.3) is 16.6 Å². The number of fused-ring (bicyclic) bond motifs is 2. The highest BCUT2D eigenvalue weighted by Gasteiger charge is 2.32. The quantitative estimate of drug-likeness (QED) is 0.769. The molecular weight excluding hydrogens is 350 g/mol. The van der Waals surface area contributed by atoms with Crippen LogP contribution >= 0.6 is 0 Å². The summed E-state index contributed by atoms with van der Waals surface area (Å²) < 4.78 is 1.61. The molecule has 0 amide bonds. The van der Waals surface area contributed by atoms with Gasteiger partial charge in [0.25, 0.3) is 5.56 Å². The Morgan fingerprint density at radius 2 is 1.86 bits per heavy atom. The number of aromatic nitrogens is 2. The molecule has 0 spiro atoms. The molecule has 138 valence electrons. The minimum absolute atomic E-state index is 0.104. The summed E-state index contributed by atoms with van der Waals surface area (Å²) in [5, 5.41) is 3.92. The van der Waals surface area contributed by atoms with Crippen molar-refractivity contribution >= 4 is 23.2 Å². The first-order chi connectivity index (χ1) is 13.6. The van der Waals surface area contributed by atoms with Gasteiger partial charge in [0.05, 0.1) is 40.7 Å². The molecule has 0 fully saturated rings. The van der Waals surface area contributed by atoms with E-state index in [1.54, 1.807) is 10.6 Å². The molecule has 1 N–H and O–H groups in total. The second-order valence-corrected chi connectivity index (χ2v) is 7.19. The first kappa shape index (κ1) is 16.5. The van der Waals surface area contributed by atoms with Crippen LogP contribution in [0.2, 0.25) is 0 Å². The molecule has 0 aliphatic carbocycles. The van der Waals surface area contributed by atoms with E-state index in [0.29, 0.717) is 16.9 Å². The van der Waals surface area contributed by atoms with Gasteiger partial charge in [-0.05, 0) is 37.3 Å². The van der Waals surface area contributed by atoms with E-state index in [9.17, 15) is 4.79 Å². The zero-order valence-corrected chi connectivity index (χ0v) is 15.4. The second kappa shape index (κ2) is 6.20.